The Balaban J connectivity index is -0.0000000477. The largest absolute Gasteiger partial charge is 0.396 e. The Morgan fingerprint density at radius 2 is 1.74 bits per heavy atom. The normalized spacial score (nSPS) is 14.7. The van der Waals surface area contributed by atoms with Gasteiger partial charge in [-0.05, 0) is 6.92 Å². The quantitative estimate of drug-likeness (QED) is 0.331. The molecule has 113 valence electrons. The molecule has 1 aliphatic carbocycles. The predicted octanol–water partition coefficient (Wildman–Crippen LogP) is 6.00. The third-order valence-corrected chi connectivity index (χ3v) is 1.77. The number of allylic oxidation sites excluding steroid dienone is 1. The van der Waals surface area contributed by atoms with Crippen LogP contribution in [-0.2, 0) is 32.7 Å². The van der Waals surface area contributed by atoms with E-state index < -0.39 is 0 Å². The molecular weight excluding hydrogens is 307 g/mol. The van der Waals surface area contributed by atoms with Crippen molar-refractivity contribution in [2.75, 3.05) is 6.54 Å². The predicted molar refractivity (Wildman–Crippen MR) is 89.4 cm³/mol. The van der Waals surface area contributed by atoms with Crippen molar-refractivity contribution in [3.63, 3.8) is 0 Å². The number of rotatable bonds is 2. The first-order valence-electron chi connectivity index (χ1n) is 7.15. The molecule has 1 radical (unpaired) electrons. The second-order valence-corrected chi connectivity index (χ2v) is 3.01. The van der Waals surface area contributed by atoms with E-state index in [4.69, 9.17) is 0 Å². The van der Waals surface area contributed by atoms with Crippen LogP contribution < -0.4 is 0 Å². The summed E-state index contributed by atoms with van der Waals surface area (Å²) in [5.74, 6) is 0.991. The Kier molecular flexibility index (Phi) is 71.3. The molecule has 1 unspecified atom stereocenters. The van der Waals surface area contributed by atoms with Crippen LogP contribution in [0.1, 0.15) is 60.8 Å². The Morgan fingerprint density at radius 3 is 1.84 bits per heavy atom. The summed E-state index contributed by atoms with van der Waals surface area (Å²) >= 11 is 0. The summed E-state index contributed by atoms with van der Waals surface area (Å²) in [7, 11) is 0. The summed E-state index contributed by atoms with van der Waals surface area (Å²) in [5, 5.41) is 0. The Hall–Kier alpha value is 0.254. The van der Waals surface area contributed by atoms with Gasteiger partial charge in [-0.2, -0.15) is 19.1 Å². The molecule has 1 fully saturated rings. The molecule has 0 heterocycles. The van der Waals surface area contributed by atoms with Crippen LogP contribution in [0.2, 0.25) is 0 Å². The fourth-order valence-electron chi connectivity index (χ4n) is 1.08. The van der Waals surface area contributed by atoms with E-state index in [2.05, 4.69) is 44.3 Å². The molecule has 0 amide bonds. The van der Waals surface area contributed by atoms with Gasteiger partial charge in [0.15, 0.2) is 0 Å². The van der Waals surface area contributed by atoms with Crippen molar-refractivity contribution in [1.82, 2.24) is 0 Å². The third-order valence-electron chi connectivity index (χ3n) is 1.77. The van der Waals surface area contributed by atoms with Crippen LogP contribution in [0.3, 0.4) is 0 Å². The van der Waals surface area contributed by atoms with Crippen LogP contribution in [0, 0.1) is 12.3 Å². The van der Waals surface area contributed by atoms with E-state index in [1.165, 1.54) is 19.3 Å². The van der Waals surface area contributed by atoms with Gasteiger partial charge < -0.3 is 11.4 Å². The van der Waals surface area contributed by atoms with E-state index >= 15 is 0 Å². The molecule has 1 aliphatic rings. The average Bonchev–Trinajstić information content (AvgIpc) is 2.95. The van der Waals surface area contributed by atoms with Gasteiger partial charge in [0, 0.05) is 39.3 Å². The number of hydrogen-bond acceptors (Lipinski definition) is 1. The number of aliphatic imine (C=N–C) groups is 1. The molecule has 0 aromatic carbocycles. The molecule has 1 atom stereocenters. The second kappa shape index (κ2) is 42.9. The van der Waals surface area contributed by atoms with Crippen LogP contribution in [0.4, 0.5) is 0 Å². The van der Waals surface area contributed by atoms with E-state index in [1.807, 2.05) is 34.6 Å². The molecule has 0 N–H and O–H groups in total. The van der Waals surface area contributed by atoms with E-state index in [-0.39, 0.29) is 32.7 Å². The fourth-order valence-corrected chi connectivity index (χ4v) is 1.08. The van der Waals surface area contributed by atoms with Gasteiger partial charge in [-0.1, -0.05) is 47.0 Å². The molecular formula is C17H35NY-2. The molecule has 1 saturated carbocycles. The summed E-state index contributed by atoms with van der Waals surface area (Å²) in [5.41, 5.74) is 0. The smallest absolute Gasteiger partial charge is 0.0143 e. The van der Waals surface area contributed by atoms with Crippen molar-refractivity contribution in [2.45, 2.75) is 60.8 Å². The Labute approximate surface area is 148 Å². The zero-order valence-corrected chi connectivity index (χ0v) is 17.0. The van der Waals surface area contributed by atoms with Gasteiger partial charge in [-0.15, -0.1) is 13.2 Å². The second-order valence-electron chi connectivity index (χ2n) is 3.01. The maximum atomic E-state index is 3.72. The summed E-state index contributed by atoms with van der Waals surface area (Å²) in [6, 6.07) is 0. The summed E-state index contributed by atoms with van der Waals surface area (Å²) in [6.45, 7) is 22.5. The van der Waals surface area contributed by atoms with Crippen molar-refractivity contribution in [2.24, 2.45) is 10.9 Å². The zero-order chi connectivity index (χ0) is 15.2. The number of hydrogen-bond donors (Lipinski definition) is 0. The summed E-state index contributed by atoms with van der Waals surface area (Å²) in [6.07, 6.45) is 10.7. The standard InChI is InChI=1S/C6H11.C5H8N.2C2H6.C2H4.Y/c1-6-4-2-3-5-6;1-3-5-6-4-2;3*1-2;/h2,6H,3-5H2,1H3;3H,1,4H2,2H3;2*1-2H3;1-2H2;/q2*-1;;;;. The van der Waals surface area contributed by atoms with Crippen LogP contribution in [-0.4, -0.2) is 12.8 Å². The minimum absolute atomic E-state index is 0. The van der Waals surface area contributed by atoms with Crippen LogP contribution in [0.25, 0.3) is 0 Å². The molecule has 0 saturated heterocycles. The maximum absolute atomic E-state index is 3.72. The molecule has 0 spiro atoms. The molecule has 19 heavy (non-hydrogen) atoms. The average molecular weight is 342 g/mol. The fraction of sp³-hybridized carbons (Fsp3) is 0.647. The van der Waals surface area contributed by atoms with Gasteiger partial charge in [0.1, 0.15) is 0 Å². The monoisotopic (exact) mass is 342 g/mol. The maximum Gasteiger partial charge on any atom is 0.0143 e. The topological polar surface area (TPSA) is 12.4 Å². The molecule has 0 bridgehead atoms. The van der Waals surface area contributed by atoms with E-state index in [1.54, 1.807) is 6.08 Å². The molecule has 2 heteroatoms. The van der Waals surface area contributed by atoms with Crippen LogP contribution in [0.5, 0.6) is 0 Å². The minimum Gasteiger partial charge on any atom is -0.396 e. The van der Waals surface area contributed by atoms with Crippen molar-refractivity contribution in [3.8, 4) is 0 Å². The minimum atomic E-state index is 0. The van der Waals surface area contributed by atoms with E-state index in [0.29, 0.717) is 0 Å². The third kappa shape index (κ3) is 45.9. The van der Waals surface area contributed by atoms with Gasteiger partial charge in [0.25, 0.3) is 0 Å². The van der Waals surface area contributed by atoms with Crippen molar-refractivity contribution in [1.29, 1.82) is 0 Å². The first kappa shape index (κ1) is 31.6. The number of nitrogens with zero attached hydrogens (tertiary/aromatic N) is 1. The van der Waals surface area contributed by atoms with Gasteiger partial charge >= 0.3 is 0 Å². The Morgan fingerprint density at radius 1 is 1.26 bits per heavy atom. The van der Waals surface area contributed by atoms with E-state index in [9.17, 15) is 0 Å². The molecule has 1 rings (SSSR count). The first-order valence-corrected chi connectivity index (χ1v) is 7.15. The van der Waals surface area contributed by atoms with Crippen molar-refractivity contribution in [3.05, 3.63) is 32.2 Å². The SMILES string of the molecule is C=C.C=C[C-]=NCC.CC.CC.CC1C[CH-]CC1.[Y]. The molecule has 1 nitrogen and oxygen atoms in total. The Bertz CT molecular complexity index is 138. The zero-order valence-electron chi connectivity index (χ0n) is 14.2. The molecule has 0 aromatic heterocycles. The van der Waals surface area contributed by atoms with Crippen molar-refractivity contribution < 1.29 is 32.7 Å². The first-order chi connectivity index (χ1) is 8.81. The summed E-state index contributed by atoms with van der Waals surface area (Å²) in [4.78, 5) is 3.72. The van der Waals surface area contributed by atoms with Gasteiger partial charge in [-0.3, -0.25) is 0 Å². The van der Waals surface area contributed by atoms with Crippen LogP contribution >= 0.6 is 0 Å². The van der Waals surface area contributed by atoms with Gasteiger partial charge in [0.2, 0.25) is 0 Å². The van der Waals surface area contributed by atoms with Crippen molar-refractivity contribution >= 4 is 6.21 Å². The van der Waals surface area contributed by atoms with Crippen LogP contribution in [0.15, 0.2) is 30.8 Å². The molecule has 0 aromatic rings. The van der Waals surface area contributed by atoms with E-state index in [0.717, 1.165) is 12.5 Å². The van der Waals surface area contributed by atoms with Gasteiger partial charge in [0.05, 0.1) is 0 Å². The summed E-state index contributed by atoms with van der Waals surface area (Å²) < 4.78 is 0. The van der Waals surface area contributed by atoms with Gasteiger partial charge in [-0.25, -0.2) is 12.7 Å². The molecule has 0 aliphatic heterocycles.